The summed E-state index contributed by atoms with van der Waals surface area (Å²) in [5.74, 6) is 0.957. The summed E-state index contributed by atoms with van der Waals surface area (Å²) in [7, 11) is 0. The molecule has 136 valence electrons. The Kier molecular flexibility index (Phi) is 4.59. The van der Waals surface area contributed by atoms with Gasteiger partial charge >= 0.3 is 6.03 Å². The van der Waals surface area contributed by atoms with Gasteiger partial charge in [-0.25, -0.2) is 4.79 Å². The van der Waals surface area contributed by atoms with E-state index in [1.165, 1.54) is 31.5 Å². The van der Waals surface area contributed by atoms with Gasteiger partial charge in [-0.05, 0) is 51.8 Å². The average Bonchev–Trinajstić information content (AvgIpc) is 3.27. The number of urea groups is 1. The number of carbonyl (C=O) groups is 1. The number of benzene rings is 1. The molecule has 1 aromatic rings. The van der Waals surface area contributed by atoms with E-state index < -0.39 is 0 Å². The first-order valence-electron chi connectivity index (χ1n) is 9.65. The highest BCUT2D eigenvalue weighted by molar-refractivity contribution is 5.75. The molecule has 3 aliphatic heterocycles. The van der Waals surface area contributed by atoms with Gasteiger partial charge < -0.3 is 15.0 Å². The number of amides is 2. The van der Waals surface area contributed by atoms with E-state index in [9.17, 15) is 4.79 Å². The molecule has 2 fully saturated rings. The number of fused-ring (bicyclic) bond motifs is 1. The maximum atomic E-state index is 12.8. The van der Waals surface area contributed by atoms with Crippen molar-refractivity contribution >= 4 is 6.03 Å². The van der Waals surface area contributed by atoms with Crippen LogP contribution in [-0.2, 0) is 0 Å². The molecule has 2 amide bonds. The van der Waals surface area contributed by atoms with Gasteiger partial charge in [0.05, 0.1) is 12.6 Å². The molecule has 25 heavy (non-hydrogen) atoms. The van der Waals surface area contributed by atoms with Gasteiger partial charge in [-0.2, -0.15) is 0 Å². The smallest absolute Gasteiger partial charge is 0.317 e. The fraction of sp³-hybridized carbons (Fsp3) is 0.650. The van der Waals surface area contributed by atoms with Crippen molar-refractivity contribution in [1.82, 2.24) is 15.1 Å². The van der Waals surface area contributed by atoms with Crippen LogP contribution < -0.4 is 10.1 Å². The highest BCUT2D eigenvalue weighted by Crippen LogP contribution is 2.36. The lowest BCUT2D eigenvalue weighted by molar-refractivity contribution is 0.188. The minimum absolute atomic E-state index is 0.0562. The molecule has 0 bridgehead atoms. The molecule has 0 saturated carbocycles. The van der Waals surface area contributed by atoms with Gasteiger partial charge in [0.2, 0.25) is 0 Å². The van der Waals surface area contributed by atoms with E-state index in [2.05, 4.69) is 36.2 Å². The van der Waals surface area contributed by atoms with Crippen molar-refractivity contribution in [3.05, 3.63) is 28.8 Å². The summed E-state index contributed by atoms with van der Waals surface area (Å²) in [4.78, 5) is 17.4. The van der Waals surface area contributed by atoms with Crippen molar-refractivity contribution in [3.8, 4) is 5.75 Å². The third kappa shape index (κ3) is 3.34. The molecule has 0 unspecified atom stereocenters. The summed E-state index contributed by atoms with van der Waals surface area (Å²) in [6, 6.07) is 4.99. The fourth-order valence-electron chi connectivity index (χ4n) is 4.60. The second-order valence-electron chi connectivity index (χ2n) is 7.77. The number of rotatable bonds is 2. The lowest BCUT2D eigenvalue weighted by atomic mass is 9.96. The Morgan fingerprint density at radius 3 is 2.76 bits per heavy atom. The van der Waals surface area contributed by atoms with Crippen molar-refractivity contribution in [3.63, 3.8) is 0 Å². The van der Waals surface area contributed by atoms with Gasteiger partial charge in [0, 0.05) is 31.1 Å². The molecule has 0 spiro atoms. The summed E-state index contributed by atoms with van der Waals surface area (Å²) >= 11 is 0. The van der Waals surface area contributed by atoms with Crippen LogP contribution >= 0.6 is 0 Å². The van der Waals surface area contributed by atoms with E-state index in [0.29, 0.717) is 12.6 Å². The maximum Gasteiger partial charge on any atom is 0.317 e. The summed E-state index contributed by atoms with van der Waals surface area (Å²) in [5.41, 5.74) is 3.51. The van der Waals surface area contributed by atoms with Gasteiger partial charge in [0.1, 0.15) is 5.75 Å². The van der Waals surface area contributed by atoms with Gasteiger partial charge in [-0.3, -0.25) is 4.90 Å². The normalized spacial score (nSPS) is 26.4. The molecule has 3 heterocycles. The number of hydrogen-bond donors (Lipinski definition) is 1. The van der Waals surface area contributed by atoms with Gasteiger partial charge in [-0.15, -0.1) is 0 Å². The highest BCUT2D eigenvalue weighted by Gasteiger charge is 2.33. The molecule has 4 rings (SSSR count). The van der Waals surface area contributed by atoms with E-state index in [-0.39, 0.29) is 12.1 Å². The van der Waals surface area contributed by atoms with Crippen LogP contribution in [0.5, 0.6) is 5.75 Å². The predicted octanol–water partition coefficient (Wildman–Crippen LogP) is 3.01. The minimum atomic E-state index is 0.0562. The minimum Gasteiger partial charge on any atom is -0.493 e. The second kappa shape index (κ2) is 6.87. The summed E-state index contributed by atoms with van der Waals surface area (Å²) in [6.07, 6.45) is 4.56. The molecular weight excluding hydrogens is 314 g/mol. The van der Waals surface area contributed by atoms with Crippen LogP contribution in [0.25, 0.3) is 0 Å². The van der Waals surface area contributed by atoms with Crippen LogP contribution in [0.1, 0.15) is 48.4 Å². The first kappa shape index (κ1) is 16.7. The Morgan fingerprint density at radius 2 is 1.96 bits per heavy atom. The van der Waals surface area contributed by atoms with E-state index in [4.69, 9.17) is 4.74 Å². The van der Waals surface area contributed by atoms with Crippen molar-refractivity contribution in [2.24, 2.45) is 0 Å². The summed E-state index contributed by atoms with van der Waals surface area (Å²) in [5, 5.41) is 3.27. The zero-order chi connectivity index (χ0) is 17.4. The number of carbonyl (C=O) groups excluding carboxylic acids is 1. The van der Waals surface area contributed by atoms with Crippen LogP contribution in [0.3, 0.4) is 0 Å². The molecule has 1 N–H and O–H groups in total. The predicted molar refractivity (Wildman–Crippen MR) is 98.1 cm³/mol. The summed E-state index contributed by atoms with van der Waals surface area (Å²) < 4.78 is 5.86. The first-order chi connectivity index (χ1) is 12.1. The first-order valence-corrected chi connectivity index (χ1v) is 9.65. The number of ether oxygens (including phenoxy) is 1. The number of aryl methyl sites for hydroxylation is 2. The third-order valence-electron chi connectivity index (χ3n) is 5.88. The van der Waals surface area contributed by atoms with Crippen LogP contribution in [0.4, 0.5) is 4.79 Å². The topological polar surface area (TPSA) is 44.8 Å². The maximum absolute atomic E-state index is 12.8. The monoisotopic (exact) mass is 343 g/mol. The molecule has 2 saturated heterocycles. The number of hydrogen-bond acceptors (Lipinski definition) is 3. The Balaban J connectivity index is 1.42. The van der Waals surface area contributed by atoms with Crippen LogP contribution in [0.2, 0.25) is 0 Å². The zero-order valence-corrected chi connectivity index (χ0v) is 15.4. The van der Waals surface area contributed by atoms with Crippen molar-refractivity contribution in [2.45, 2.75) is 51.6 Å². The largest absolute Gasteiger partial charge is 0.493 e. The fourth-order valence-corrected chi connectivity index (χ4v) is 4.60. The zero-order valence-electron chi connectivity index (χ0n) is 15.4. The number of nitrogens with zero attached hydrogens (tertiary/aromatic N) is 2. The lowest BCUT2D eigenvalue weighted by Gasteiger charge is -2.30. The van der Waals surface area contributed by atoms with E-state index >= 15 is 0 Å². The lowest BCUT2D eigenvalue weighted by Crippen LogP contribution is -2.43. The molecule has 0 radical (unpaired) electrons. The third-order valence-corrected chi connectivity index (χ3v) is 5.88. The summed E-state index contributed by atoms with van der Waals surface area (Å²) in [6.45, 7) is 8.99. The second-order valence-corrected chi connectivity index (χ2v) is 7.77. The van der Waals surface area contributed by atoms with Crippen molar-refractivity contribution in [1.29, 1.82) is 0 Å². The average molecular weight is 343 g/mol. The Labute approximate surface area is 150 Å². The van der Waals surface area contributed by atoms with Crippen LogP contribution in [0, 0.1) is 13.8 Å². The van der Waals surface area contributed by atoms with Crippen LogP contribution in [0.15, 0.2) is 12.1 Å². The molecule has 1 aromatic carbocycles. The molecule has 0 aromatic heterocycles. The SMILES string of the molecule is Cc1cc(C)c2c(c1)[C@@H](NC(=O)N1CC[C@H](N3CCCC3)C1)CCO2. The number of likely N-dealkylation sites (tertiary alicyclic amines) is 2. The van der Waals surface area contributed by atoms with Gasteiger partial charge in [-0.1, -0.05) is 17.7 Å². The van der Waals surface area contributed by atoms with E-state index in [1.807, 2.05) is 4.90 Å². The molecule has 3 aliphatic rings. The van der Waals surface area contributed by atoms with E-state index in [1.54, 1.807) is 0 Å². The molecule has 0 aliphatic carbocycles. The molecule has 5 heteroatoms. The van der Waals surface area contributed by atoms with Crippen molar-refractivity contribution < 1.29 is 9.53 Å². The Morgan fingerprint density at radius 1 is 1.16 bits per heavy atom. The Hall–Kier alpha value is -1.75. The van der Waals surface area contributed by atoms with Gasteiger partial charge in [0.15, 0.2) is 0 Å². The van der Waals surface area contributed by atoms with Crippen LogP contribution in [-0.4, -0.2) is 54.7 Å². The highest BCUT2D eigenvalue weighted by atomic mass is 16.5. The van der Waals surface area contributed by atoms with E-state index in [0.717, 1.165) is 42.8 Å². The Bertz CT molecular complexity index is 655. The standard InChI is InChI=1S/C20H29N3O2/c1-14-11-15(2)19-17(12-14)18(6-10-25-19)21-20(24)23-9-5-16(13-23)22-7-3-4-8-22/h11-12,16,18H,3-10,13H2,1-2H3,(H,21,24)/t16-,18-/m0/s1. The molecular formula is C20H29N3O2. The van der Waals surface area contributed by atoms with Gasteiger partial charge in [0.25, 0.3) is 0 Å². The molecule has 5 nitrogen and oxygen atoms in total. The molecule has 2 atom stereocenters. The quantitative estimate of drug-likeness (QED) is 0.898. The van der Waals surface area contributed by atoms with Crippen molar-refractivity contribution in [2.75, 3.05) is 32.8 Å². The number of nitrogens with one attached hydrogen (secondary N) is 1.